The highest BCUT2D eigenvalue weighted by atomic mass is 19.1. The third kappa shape index (κ3) is 3.86. The third-order valence-corrected chi connectivity index (χ3v) is 4.13. The summed E-state index contributed by atoms with van der Waals surface area (Å²) in [6.07, 6.45) is 2.86. The predicted molar refractivity (Wildman–Crippen MR) is 80.7 cm³/mol. The number of ether oxygens (including phenoxy) is 1. The van der Waals surface area contributed by atoms with E-state index >= 15 is 0 Å². The Balaban J connectivity index is 2.04. The van der Waals surface area contributed by atoms with Crippen molar-refractivity contribution >= 4 is 11.9 Å². The third-order valence-electron chi connectivity index (χ3n) is 4.13. The zero-order valence-electron chi connectivity index (χ0n) is 12.8. The van der Waals surface area contributed by atoms with E-state index in [4.69, 9.17) is 10.00 Å². The van der Waals surface area contributed by atoms with Crippen molar-refractivity contribution in [3.63, 3.8) is 0 Å². The molecule has 0 radical (unpaired) electrons. The van der Waals surface area contributed by atoms with Gasteiger partial charge < -0.3 is 10.1 Å². The Hall–Kier alpha value is -2.42. The molecular formula is C17H19FN2O3. The van der Waals surface area contributed by atoms with Gasteiger partial charge in [-0.15, -0.1) is 0 Å². The first-order chi connectivity index (χ1) is 11.1. The van der Waals surface area contributed by atoms with Gasteiger partial charge in [0.1, 0.15) is 5.82 Å². The molecule has 23 heavy (non-hydrogen) atoms. The van der Waals surface area contributed by atoms with Gasteiger partial charge in [0.25, 0.3) is 5.91 Å². The summed E-state index contributed by atoms with van der Waals surface area (Å²) in [4.78, 5) is 24.1. The van der Waals surface area contributed by atoms with Crippen LogP contribution in [0.4, 0.5) is 4.39 Å². The average Bonchev–Trinajstić information content (AvgIpc) is 3.04. The minimum atomic E-state index is -1.00. The van der Waals surface area contributed by atoms with Crippen LogP contribution in [-0.2, 0) is 19.7 Å². The molecule has 2 rings (SSSR count). The Kier molecular flexibility index (Phi) is 5.69. The Morgan fingerprint density at radius 1 is 1.30 bits per heavy atom. The minimum absolute atomic E-state index is 0.193. The molecule has 0 spiro atoms. The molecule has 0 aromatic heterocycles. The number of carbonyl (C=O) groups is 2. The van der Waals surface area contributed by atoms with Gasteiger partial charge in [0.2, 0.25) is 0 Å². The normalized spacial score (nSPS) is 15.7. The van der Waals surface area contributed by atoms with E-state index in [1.54, 1.807) is 18.2 Å². The Bertz CT molecular complexity index is 619. The van der Waals surface area contributed by atoms with Crippen LogP contribution in [0.2, 0.25) is 0 Å². The summed E-state index contributed by atoms with van der Waals surface area (Å²) in [5.74, 6) is -1.45. The van der Waals surface area contributed by atoms with Gasteiger partial charge in [-0.05, 0) is 18.9 Å². The van der Waals surface area contributed by atoms with Crippen molar-refractivity contribution < 1.29 is 18.7 Å². The smallest absolute Gasteiger partial charge is 0.317 e. The largest absolute Gasteiger partial charge is 0.455 e. The number of rotatable bonds is 6. The van der Waals surface area contributed by atoms with Crippen LogP contribution >= 0.6 is 0 Å². The number of esters is 1. The van der Waals surface area contributed by atoms with Crippen LogP contribution in [0, 0.1) is 17.1 Å². The van der Waals surface area contributed by atoms with Crippen molar-refractivity contribution in [2.24, 2.45) is 0 Å². The van der Waals surface area contributed by atoms with Crippen LogP contribution in [0.3, 0.4) is 0 Å². The number of carbonyl (C=O) groups excluding carboxylic acids is 2. The molecule has 0 heterocycles. The maximum atomic E-state index is 14.1. The second-order valence-corrected chi connectivity index (χ2v) is 5.60. The zero-order valence-corrected chi connectivity index (χ0v) is 12.8. The molecule has 0 bridgehead atoms. The van der Waals surface area contributed by atoms with E-state index in [2.05, 4.69) is 5.32 Å². The Labute approximate surface area is 134 Å². The molecule has 1 aliphatic carbocycles. The minimum Gasteiger partial charge on any atom is -0.455 e. The molecule has 1 aliphatic rings. The Morgan fingerprint density at radius 3 is 2.65 bits per heavy atom. The summed E-state index contributed by atoms with van der Waals surface area (Å²) in [6.45, 7) is -0.203. The lowest BCUT2D eigenvalue weighted by molar-refractivity contribution is -0.154. The summed E-state index contributed by atoms with van der Waals surface area (Å²) in [6, 6.07) is 8.11. The standard InChI is InChI=1S/C17H19FN2O3/c18-14-7-2-1-6-13(14)17(8-3-4-9-17)16(22)23-12-15(21)20-11-5-10-19/h1-2,6-7H,3-5,8-9,11-12H2,(H,20,21). The van der Waals surface area contributed by atoms with Crippen LogP contribution in [0.5, 0.6) is 0 Å². The van der Waals surface area contributed by atoms with E-state index in [1.165, 1.54) is 6.07 Å². The molecule has 1 aromatic rings. The monoisotopic (exact) mass is 318 g/mol. The highest BCUT2D eigenvalue weighted by Crippen LogP contribution is 2.43. The predicted octanol–water partition coefficient (Wildman–Crippen LogP) is 2.21. The quantitative estimate of drug-likeness (QED) is 0.644. The fourth-order valence-corrected chi connectivity index (χ4v) is 2.99. The molecule has 0 saturated heterocycles. The maximum Gasteiger partial charge on any atom is 0.317 e. The molecule has 0 unspecified atom stereocenters. The van der Waals surface area contributed by atoms with E-state index in [9.17, 15) is 14.0 Å². The highest BCUT2D eigenvalue weighted by Gasteiger charge is 2.45. The molecule has 0 aliphatic heterocycles. The number of nitrogens with zero attached hydrogens (tertiary/aromatic N) is 1. The van der Waals surface area contributed by atoms with Crippen LogP contribution in [0.25, 0.3) is 0 Å². The summed E-state index contributed by atoms with van der Waals surface area (Å²) >= 11 is 0. The number of halogens is 1. The molecule has 1 fully saturated rings. The first-order valence-corrected chi connectivity index (χ1v) is 7.66. The van der Waals surface area contributed by atoms with Gasteiger partial charge in [0.05, 0.1) is 17.9 Å². The molecule has 1 aromatic carbocycles. The topological polar surface area (TPSA) is 79.2 Å². The lowest BCUT2D eigenvalue weighted by Gasteiger charge is -2.27. The van der Waals surface area contributed by atoms with Crippen molar-refractivity contribution in [1.29, 1.82) is 5.26 Å². The second kappa shape index (κ2) is 7.73. The molecule has 1 N–H and O–H groups in total. The van der Waals surface area contributed by atoms with Gasteiger partial charge in [-0.2, -0.15) is 5.26 Å². The molecular weight excluding hydrogens is 299 g/mol. The van der Waals surface area contributed by atoms with Gasteiger partial charge in [0.15, 0.2) is 6.61 Å². The van der Waals surface area contributed by atoms with Gasteiger partial charge in [-0.3, -0.25) is 9.59 Å². The summed E-state index contributed by atoms with van der Waals surface area (Å²) in [7, 11) is 0. The van der Waals surface area contributed by atoms with Crippen molar-refractivity contribution in [2.75, 3.05) is 13.2 Å². The van der Waals surface area contributed by atoms with E-state index in [0.29, 0.717) is 18.4 Å². The van der Waals surface area contributed by atoms with Crippen molar-refractivity contribution in [1.82, 2.24) is 5.32 Å². The van der Waals surface area contributed by atoms with Gasteiger partial charge in [0, 0.05) is 12.1 Å². The number of hydrogen-bond donors (Lipinski definition) is 1. The number of nitriles is 1. The summed E-state index contributed by atoms with van der Waals surface area (Å²) in [5, 5.41) is 10.9. The van der Waals surface area contributed by atoms with Crippen LogP contribution < -0.4 is 5.32 Å². The van der Waals surface area contributed by atoms with Gasteiger partial charge in [-0.1, -0.05) is 31.0 Å². The first kappa shape index (κ1) is 16.9. The number of benzene rings is 1. The van der Waals surface area contributed by atoms with Crippen molar-refractivity contribution in [2.45, 2.75) is 37.5 Å². The van der Waals surface area contributed by atoms with Gasteiger partial charge in [-0.25, -0.2) is 4.39 Å². The lowest BCUT2D eigenvalue weighted by atomic mass is 9.78. The molecule has 122 valence electrons. The van der Waals surface area contributed by atoms with E-state index in [0.717, 1.165) is 12.8 Å². The Morgan fingerprint density at radius 2 is 2.00 bits per heavy atom. The first-order valence-electron chi connectivity index (χ1n) is 7.66. The number of nitrogens with one attached hydrogen (secondary N) is 1. The van der Waals surface area contributed by atoms with E-state index in [-0.39, 0.29) is 13.0 Å². The zero-order chi connectivity index (χ0) is 16.7. The number of amides is 1. The van der Waals surface area contributed by atoms with Crippen molar-refractivity contribution in [3.05, 3.63) is 35.6 Å². The maximum absolute atomic E-state index is 14.1. The fraction of sp³-hybridized carbons (Fsp3) is 0.471. The fourth-order valence-electron chi connectivity index (χ4n) is 2.99. The molecule has 5 nitrogen and oxygen atoms in total. The van der Waals surface area contributed by atoms with Crippen molar-refractivity contribution in [3.8, 4) is 6.07 Å². The SMILES string of the molecule is N#CCCNC(=O)COC(=O)C1(c2ccccc2F)CCCC1. The average molecular weight is 318 g/mol. The number of hydrogen-bond acceptors (Lipinski definition) is 4. The van der Waals surface area contributed by atoms with E-state index in [1.807, 2.05) is 6.07 Å². The summed E-state index contributed by atoms with van der Waals surface area (Å²) in [5.41, 5.74) is -0.662. The van der Waals surface area contributed by atoms with Crippen LogP contribution in [-0.4, -0.2) is 25.0 Å². The van der Waals surface area contributed by atoms with Gasteiger partial charge >= 0.3 is 5.97 Å². The summed E-state index contributed by atoms with van der Waals surface area (Å²) < 4.78 is 19.3. The van der Waals surface area contributed by atoms with Crippen LogP contribution in [0.1, 0.15) is 37.7 Å². The molecule has 6 heteroatoms. The molecule has 1 amide bonds. The van der Waals surface area contributed by atoms with Crippen LogP contribution in [0.15, 0.2) is 24.3 Å². The molecule has 0 atom stereocenters. The van der Waals surface area contributed by atoms with E-state index < -0.39 is 29.7 Å². The highest BCUT2D eigenvalue weighted by molar-refractivity contribution is 5.86. The lowest BCUT2D eigenvalue weighted by Crippen LogP contribution is -2.38. The molecule has 1 saturated carbocycles. The second-order valence-electron chi connectivity index (χ2n) is 5.60.